The summed E-state index contributed by atoms with van der Waals surface area (Å²) in [6.45, 7) is 0.0632. The zero-order valence-electron chi connectivity index (χ0n) is 10.5. The number of halogens is 1. The van der Waals surface area contributed by atoms with Crippen LogP contribution in [0.15, 0.2) is 54.6 Å². The first-order valence-corrected chi connectivity index (χ1v) is 6.30. The van der Waals surface area contributed by atoms with Gasteiger partial charge >= 0.3 is 11.9 Å². The van der Waals surface area contributed by atoms with Gasteiger partial charge in [0.25, 0.3) is 0 Å². The minimum atomic E-state index is -0.927. The first kappa shape index (κ1) is 14.1. The van der Waals surface area contributed by atoms with Gasteiger partial charge < -0.3 is 10.1 Å². The number of carbonyl (C=O) groups excluding carboxylic acids is 2. The quantitative estimate of drug-likeness (QED) is 0.698. The molecule has 0 radical (unpaired) electrons. The van der Waals surface area contributed by atoms with Crippen LogP contribution in [-0.2, 0) is 20.9 Å². The lowest BCUT2D eigenvalue weighted by Crippen LogP contribution is -2.24. The second-order valence-corrected chi connectivity index (χ2v) is 4.46. The summed E-state index contributed by atoms with van der Waals surface area (Å²) in [5, 5.41) is 2.98. The third-order valence-corrected chi connectivity index (χ3v) is 2.75. The first-order chi connectivity index (χ1) is 9.65. The SMILES string of the molecule is O=C(Nc1ccc(Cl)cc1)C(=O)OCc1ccccc1. The normalized spacial score (nSPS) is 9.85. The van der Waals surface area contributed by atoms with Crippen LogP contribution in [-0.4, -0.2) is 11.9 Å². The second kappa shape index (κ2) is 6.73. The predicted octanol–water partition coefficient (Wildman–Crippen LogP) is 3.02. The van der Waals surface area contributed by atoms with E-state index in [0.29, 0.717) is 10.7 Å². The highest BCUT2D eigenvalue weighted by atomic mass is 35.5. The lowest BCUT2D eigenvalue weighted by Gasteiger charge is -2.06. The zero-order valence-corrected chi connectivity index (χ0v) is 11.3. The molecule has 102 valence electrons. The van der Waals surface area contributed by atoms with Crippen molar-refractivity contribution in [3.8, 4) is 0 Å². The van der Waals surface area contributed by atoms with E-state index in [4.69, 9.17) is 16.3 Å². The molecule has 2 aromatic carbocycles. The number of rotatable bonds is 3. The lowest BCUT2D eigenvalue weighted by atomic mass is 10.2. The van der Waals surface area contributed by atoms with Gasteiger partial charge in [0.15, 0.2) is 0 Å². The molecule has 0 fully saturated rings. The van der Waals surface area contributed by atoms with Gasteiger partial charge in [0, 0.05) is 10.7 Å². The molecule has 0 aromatic heterocycles. The monoisotopic (exact) mass is 289 g/mol. The molecule has 2 rings (SSSR count). The molecule has 0 aliphatic rings. The summed E-state index contributed by atoms with van der Waals surface area (Å²) < 4.78 is 4.91. The van der Waals surface area contributed by atoms with Crippen molar-refractivity contribution in [1.29, 1.82) is 0 Å². The summed E-state index contributed by atoms with van der Waals surface area (Å²) in [5.74, 6) is -1.74. The van der Waals surface area contributed by atoms with E-state index in [1.807, 2.05) is 30.3 Å². The molecule has 2 aromatic rings. The predicted molar refractivity (Wildman–Crippen MR) is 76.3 cm³/mol. The van der Waals surface area contributed by atoms with Crippen LogP contribution in [0.4, 0.5) is 5.69 Å². The largest absolute Gasteiger partial charge is 0.454 e. The average Bonchev–Trinajstić information content (AvgIpc) is 2.48. The summed E-state index contributed by atoms with van der Waals surface area (Å²) in [6, 6.07) is 15.6. The number of anilines is 1. The third-order valence-electron chi connectivity index (χ3n) is 2.50. The van der Waals surface area contributed by atoms with Crippen LogP contribution in [0.5, 0.6) is 0 Å². The number of amides is 1. The van der Waals surface area contributed by atoms with Crippen LogP contribution < -0.4 is 5.32 Å². The van der Waals surface area contributed by atoms with Gasteiger partial charge in [-0.3, -0.25) is 4.79 Å². The van der Waals surface area contributed by atoms with Crippen molar-refractivity contribution in [2.45, 2.75) is 6.61 Å². The van der Waals surface area contributed by atoms with Crippen LogP contribution in [0.25, 0.3) is 0 Å². The van der Waals surface area contributed by atoms with E-state index in [2.05, 4.69) is 5.32 Å². The second-order valence-electron chi connectivity index (χ2n) is 4.02. The van der Waals surface area contributed by atoms with Crippen molar-refractivity contribution in [2.75, 3.05) is 5.32 Å². The number of hydrogen-bond donors (Lipinski definition) is 1. The number of carbonyl (C=O) groups is 2. The molecule has 0 bridgehead atoms. The Balaban J connectivity index is 1.86. The Kier molecular flexibility index (Phi) is 4.74. The van der Waals surface area contributed by atoms with Crippen molar-refractivity contribution in [1.82, 2.24) is 0 Å². The summed E-state index contributed by atoms with van der Waals surface area (Å²) >= 11 is 5.72. The molecule has 0 saturated carbocycles. The molecule has 0 saturated heterocycles. The Morgan fingerprint density at radius 1 is 1.00 bits per heavy atom. The fraction of sp³-hybridized carbons (Fsp3) is 0.0667. The van der Waals surface area contributed by atoms with Gasteiger partial charge in [0.1, 0.15) is 6.61 Å². The molecule has 4 nitrogen and oxygen atoms in total. The highest BCUT2D eigenvalue weighted by Crippen LogP contribution is 2.13. The van der Waals surface area contributed by atoms with Crippen LogP contribution in [0.2, 0.25) is 5.02 Å². The molecular weight excluding hydrogens is 278 g/mol. The molecule has 0 spiro atoms. The summed E-state index contributed by atoms with van der Waals surface area (Å²) in [4.78, 5) is 23.1. The van der Waals surface area contributed by atoms with Gasteiger partial charge in [-0.2, -0.15) is 0 Å². The Bertz CT molecular complexity index is 596. The van der Waals surface area contributed by atoms with Gasteiger partial charge in [-0.05, 0) is 29.8 Å². The maximum atomic E-state index is 11.6. The molecule has 0 unspecified atom stereocenters. The van der Waals surface area contributed by atoms with Crippen LogP contribution >= 0.6 is 11.6 Å². The Morgan fingerprint density at radius 3 is 2.30 bits per heavy atom. The van der Waals surface area contributed by atoms with Gasteiger partial charge in [-0.25, -0.2) is 4.79 Å². The summed E-state index contributed by atoms with van der Waals surface area (Å²) in [5.41, 5.74) is 1.30. The van der Waals surface area contributed by atoms with E-state index in [1.54, 1.807) is 24.3 Å². The molecule has 0 heterocycles. The van der Waals surface area contributed by atoms with Crippen molar-refractivity contribution >= 4 is 29.2 Å². The van der Waals surface area contributed by atoms with Crippen molar-refractivity contribution in [2.24, 2.45) is 0 Å². The maximum absolute atomic E-state index is 11.6. The molecular formula is C15H12ClNO3. The zero-order chi connectivity index (χ0) is 14.4. The standard InChI is InChI=1S/C15H12ClNO3/c16-12-6-8-13(9-7-12)17-14(18)15(19)20-10-11-4-2-1-3-5-11/h1-9H,10H2,(H,17,18). The van der Waals surface area contributed by atoms with Crippen LogP contribution in [0.3, 0.4) is 0 Å². The smallest absolute Gasteiger partial charge is 0.397 e. The van der Waals surface area contributed by atoms with E-state index in [1.165, 1.54) is 0 Å². The Hall–Kier alpha value is -2.33. The van der Waals surface area contributed by atoms with Gasteiger partial charge in [0.2, 0.25) is 0 Å². The number of esters is 1. The van der Waals surface area contributed by atoms with Crippen molar-refractivity contribution in [3.05, 3.63) is 65.2 Å². The van der Waals surface area contributed by atoms with Crippen molar-refractivity contribution in [3.63, 3.8) is 0 Å². The number of nitrogens with one attached hydrogen (secondary N) is 1. The molecule has 0 aliphatic carbocycles. The minimum absolute atomic E-state index is 0.0632. The lowest BCUT2D eigenvalue weighted by molar-refractivity contribution is -0.153. The van der Waals surface area contributed by atoms with E-state index >= 15 is 0 Å². The fourth-order valence-electron chi connectivity index (χ4n) is 1.50. The summed E-state index contributed by atoms with van der Waals surface area (Å²) in [6.07, 6.45) is 0. The Morgan fingerprint density at radius 2 is 1.65 bits per heavy atom. The van der Waals surface area contributed by atoms with E-state index in [9.17, 15) is 9.59 Å². The van der Waals surface area contributed by atoms with Gasteiger partial charge in [-0.15, -0.1) is 0 Å². The topological polar surface area (TPSA) is 55.4 Å². The van der Waals surface area contributed by atoms with Crippen molar-refractivity contribution < 1.29 is 14.3 Å². The van der Waals surface area contributed by atoms with Gasteiger partial charge in [-0.1, -0.05) is 41.9 Å². The summed E-state index contributed by atoms with van der Waals surface area (Å²) in [7, 11) is 0. The highest BCUT2D eigenvalue weighted by molar-refractivity contribution is 6.37. The van der Waals surface area contributed by atoms with E-state index < -0.39 is 11.9 Å². The van der Waals surface area contributed by atoms with E-state index in [0.717, 1.165) is 5.56 Å². The first-order valence-electron chi connectivity index (χ1n) is 5.93. The fourth-order valence-corrected chi connectivity index (χ4v) is 1.63. The molecule has 20 heavy (non-hydrogen) atoms. The minimum Gasteiger partial charge on any atom is -0.454 e. The van der Waals surface area contributed by atoms with Gasteiger partial charge in [0.05, 0.1) is 0 Å². The number of hydrogen-bond acceptors (Lipinski definition) is 3. The number of ether oxygens (including phenoxy) is 1. The highest BCUT2D eigenvalue weighted by Gasteiger charge is 2.15. The number of benzene rings is 2. The average molecular weight is 290 g/mol. The molecule has 1 N–H and O–H groups in total. The molecule has 0 aliphatic heterocycles. The molecule has 1 amide bonds. The van der Waals surface area contributed by atoms with E-state index in [-0.39, 0.29) is 6.61 Å². The Labute approximate surface area is 121 Å². The third kappa shape index (κ3) is 4.10. The molecule has 5 heteroatoms. The maximum Gasteiger partial charge on any atom is 0.397 e. The van der Waals surface area contributed by atoms with Crippen LogP contribution in [0, 0.1) is 0 Å². The van der Waals surface area contributed by atoms with Crippen LogP contribution in [0.1, 0.15) is 5.56 Å². The molecule has 0 atom stereocenters.